The molecule has 0 radical (unpaired) electrons. The third-order valence-corrected chi connectivity index (χ3v) is 7.21. The minimum absolute atomic E-state index is 0.174. The number of aliphatic hydroxyl groups is 1. The molecular formula is C26H28FN5O2. The third-order valence-electron chi connectivity index (χ3n) is 7.21. The van der Waals surface area contributed by atoms with Gasteiger partial charge < -0.3 is 19.6 Å². The Morgan fingerprint density at radius 1 is 1.06 bits per heavy atom. The summed E-state index contributed by atoms with van der Waals surface area (Å²) in [4.78, 5) is 18.1. The largest absolute Gasteiger partial charge is 0.496 e. The van der Waals surface area contributed by atoms with Crippen LogP contribution in [-0.2, 0) is 5.67 Å². The van der Waals surface area contributed by atoms with Gasteiger partial charge in [-0.05, 0) is 55.0 Å². The molecule has 0 amide bonds. The van der Waals surface area contributed by atoms with Gasteiger partial charge in [-0.15, -0.1) is 0 Å². The third kappa shape index (κ3) is 3.76. The van der Waals surface area contributed by atoms with Crippen molar-refractivity contribution in [1.29, 1.82) is 0 Å². The van der Waals surface area contributed by atoms with Crippen LogP contribution in [0.25, 0.3) is 10.9 Å². The monoisotopic (exact) mass is 461 g/mol. The topological polar surface area (TPSA) is 74.6 Å². The van der Waals surface area contributed by atoms with Gasteiger partial charge in [-0.3, -0.25) is 0 Å². The molecule has 1 aliphatic carbocycles. The van der Waals surface area contributed by atoms with Crippen molar-refractivity contribution in [2.45, 2.75) is 37.0 Å². The molecule has 6 rings (SSSR count). The number of anilines is 2. The average Bonchev–Trinajstić information content (AvgIpc) is 3.49. The number of benzene rings is 1. The molecule has 176 valence electrons. The summed E-state index contributed by atoms with van der Waals surface area (Å²) in [6.45, 7) is 2.94. The van der Waals surface area contributed by atoms with Crippen molar-refractivity contribution < 1.29 is 14.2 Å². The smallest absolute Gasteiger partial charge is 0.206 e. The fourth-order valence-electron chi connectivity index (χ4n) is 5.17. The number of halogens is 1. The molecule has 1 unspecified atom stereocenters. The number of para-hydroxylation sites is 1. The molecule has 2 aliphatic heterocycles. The van der Waals surface area contributed by atoms with Crippen LogP contribution in [0.5, 0.6) is 5.75 Å². The lowest BCUT2D eigenvalue weighted by molar-refractivity contribution is 0.198. The number of rotatable bonds is 5. The second kappa shape index (κ2) is 8.20. The zero-order valence-electron chi connectivity index (χ0n) is 19.2. The highest BCUT2D eigenvalue weighted by molar-refractivity contribution is 5.91. The fraction of sp³-hybridized carbons (Fsp3) is 0.423. The van der Waals surface area contributed by atoms with Crippen molar-refractivity contribution in [3.8, 4) is 5.75 Å². The lowest BCUT2D eigenvalue weighted by Gasteiger charge is -2.34. The van der Waals surface area contributed by atoms with Crippen molar-refractivity contribution in [1.82, 2.24) is 15.0 Å². The van der Waals surface area contributed by atoms with Gasteiger partial charge in [0.25, 0.3) is 0 Å². The van der Waals surface area contributed by atoms with E-state index in [1.807, 2.05) is 18.2 Å². The Labute approximate surface area is 197 Å². The molecule has 3 aliphatic rings. The Balaban J connectivity index is 1.33. The summed E-state index contributed by atoms with van der Waals surface area (Å²) in [7, 11) is 1.71. The molecule has 1 atom stereocenters. The quantitative estimate of drug-likeness (QED) is 0.581. The Bertz CT molecular complexity index is 1250. The number of aliphatic hydroxyl groups excluding tert-OH is 1. The van der Waals surface area contributed by atoms with E-state index in [1.165, 1.54) is 17.7 Å². The number of pyridine rings is 1. The van der Waals surface area contributed by atoms with Crippen molar-refractivity contribution in [3.05, 3.63) is 60.1 Å². The van der Waals surface area contributed by atoms with Gasteiger partial charge in [0.1, 0.15) is 17.4 Å². The predicted molar refractivity (Wildman–Crippen MR) is 129 cm³/mol. The summed E-state index contributed by atoms with van der Waals surface area (Å²) < 4.78 is 20.5. The zero-order chi connectivity index (χ0) is 23.3. The molecule has 3 aromatic rings. The van der Waals surface area contributed by atoms with Crippen LogP contribution in [0, 0.1) is 0 Å². The molecule has 7 nitrogen and oxygen atoms in total. The van der Waals surface area contributed by atoms with E-state index in [1.54, 1.807) is 13.3 Å². The minimum atomic E-state index is -1.66. The normalized spacial score (nSPS) is 21.9. The Morgan fingerprint density at radius 2 is 1.82 bits per heavy atom. The molecule has 2 saturated heterocycles. The fourth-order valence-corrected chi connectivity index (χ4v) is 5.17. The number of allylic oxidation sites excluding steroid dienone is 2. The van der Waals surface area contributed by atoms with Crippen LogP contribution in [0.3, 0.4) is 0 Å². The first-order chi connectivity index (χ1) is 16.5. The molecule has 1 N–H and O–H groups in total. The molecule has 8 heteroatoms. The summed E-state index contributed by atoms with van der Waals surface area (Å²) >= 11 is 0. The molecule has 2 aromatic heterocycles. The first-order valence-electron chi connectivity index (χ1n) is 11.9. The highest BCUT2D eigenvalue weighted by Crippen LogP contribution is 2.41. The Kier molecular flexibility index (Phi) is 5.13. The number of ether oxygens (including phenoxy) is 1. The van der Waals surface area contributed by atoms with Gasteiger partial charge in [-0.2, -0.15) is 0 Å². The summed E-state index contributed by atoms with van der Waals surface area (Å²) in [6.07, 6.45) is 6.98. The number of β-amino-alcohol motifs (C(OH)–C–C–N with tert-alkyl or cyclic N) is 1. The SMILES string of the molecule is COc1ccccc1C1CCN(c2nc(C3(F)C=C3)nc3cnc(N4CCC(O)C4)cc23)CC1. The summed E-state index contributed by atoms with van der Waals surface area (Å²) in [5.74, 6) is 3.06. The number of nitrogens with zero attached hydrogens (tertiary/aromatic N) is 5. The summed E-state index contributed by atoms with van der Waals surface area (Å²) in [5, 5.41) is 10.8. The Morgan fingerprint density at radius 3 is 2.53 bits per heavy atom. The second-order valence-corrected chi connectivity index (χ2v) is 9.42. The maximum atomic E-state index is 14.9. The molecular weight excluding hydrogens is 433 g/mol. The van der Waals surface area contributed by atoms with Crippen LogP contribution in [0.2, 0.25) is 0 Å². The maximum absolute atomic E-state index is 14.9. The number of piperidine rings is 1. The van der Waals surface area contributed by atoms with E-state index < -0.39 is 5.67 Å². The average molecular weight is 462 g/mol. The number of fused-ring (bicyclic) bond motifs is 1. The van der Waals surface area contributed by atoms with E-state index in [4.69, 9.17) is 9.72 Å². The van der Waals surface area contributed by atoms with Gasteiger partial charge in [-0.1, -0.05) is 18.2 Å². The van der Waals surface area contributed by atoms with Gasteiger partial charge in [0.05, 0.1) is 24.9 Å². The molecule has 1 aromatic carbocycles. The van der Waals surface area contributed by atoms with Crippen LogP contribution >= 0.6 is 0 Å². The van der Waals surface area contributed by atoms with E-state index in [9.17, 15) is 9.50 Å². The maximum Gasteiger partial charge on any atom is 0.206 e. The van der Waals surface area contributed by atoms with Crippen LogP contribution in [0.1, 0.15) is 36.6 Å². The number of alkyl halides is 1. The van der Waals surface area contributed by atoms with Gasteiger partial charge in [0.15, 0.2) is 5.82 Å². The first-order valence-corrected chi connectivity index (χ1v) is 11.9. The van der Waals surface area contributed by atoms with Crippen LogP contribution in [0.15, 0.2) is 48.7 Å². The van der Waals surface area contributed by atoms with Gasteiger partial charge in [-0.25, -0.2) is 19.3 Å². The van der Waals surface area contributed by atoms with E-state index in [0.29, 0.717) is 18.0 Å². The van der Waals surface area contributed by atoms with Crippen LogP contribution in [-0.4, -0.2) is 59.5 Å². The lowest BCUT2D eigenvalue weighted by atomic mass is 9.88. The van der Waals surface area contributed by atoms with Crippen molar-refractivity contribution in [3.63, 3.8) is 0 Å². The summed E-state index contributed by atoms with van der Waals surface area (Å²) in [5.41, 5.74) is 0.221. The second-order valence-electron chi connectivity index (χ2n) is 9.42. The van der Waals surface area contributed by atoms with E-state index in [0.717, 1.165) is 61.7 Å². The van der Waals surface area contributed by atoms with E-state index >= 15 is 0 Å². The number of aromatic nitrogens is 3. The van der Waals surface area contributed by atoms with Crippen LogP contribution in [0.4, 0.5) is 16.0 Å². The van der Waals surface area contributed by atoms with Crippen molar-refractivity contribution in [2.75, 3.05) is 43.1 Å². The molecule has 0 spiro atoms. The number of hydrogen-bond donors (Lipinski definition) is 1. The van der Waals surface area contributed by atoms with Crippen LogP contribution < -0.4 is 14.5 Å². The highest BCUT2D eigenvalue weighted by Gasteiger charge is 2.40. The van der Waals surface area contributed by atoms with Crippen molar-refractivity contribution >= 4 is 22.5 Å². The molecule has 0 saturated carbocycles. The molecule has 0 bridgehead atoms. The standard InChI is InChI=1S/C26H28FN5O2/c1-34-22-5-3-2-4-19(22)17-6-11-31(12-7-17)24-20-14-23(32-13-8-18(33)16-32)28-15-21(20)29-25(30-24)26(27)9-10-26/h2-5,9-10,14-15,17-18,33H,6-8,11-13,16H2,1H3. The summed E-state index contributed by atoms with van der Waals surface area (Å²) in [6, 6.07) is 10.2. The zero-order valence-corrected chi connectivity index (χ0v) is 19.2. The first kappa shape index (κ1) is 21.3. The van der Waals surface area contributed by atoms with Gasteiger partial charge in [0.2, 0.25) is 5.67 Å². The van der Waals surface area contributed by atoms with E-state index in [2.05, 4.69) is 31.9 Å². The molecule has 2 fully saturated rings. The predicted octanol–water partition coefficient (Wildman–Crippen LogP) is 3.72. The van der Waals surface area contributed by atoms with E-state index in [-0.39, 0.29) is 11.9 Å². The number of methoxy groups -OCH3 is 1. The number of hydrogen-bond acceptors (Lipinski definition) is 7. The molecule has 4 heterocycles. The lowest BCUT2D eigenvalue weighted by Crippen LogP contribution is -2.34. The minimum Gasteiger partial charge on any atom is -0.496 e. The molecule has 34 heavy (non-hydrogen) atoms. The van der Waals surface area contributed by atoms with Crippen molar-refractivity contribution in [2.24, 2.45) is 0 Å². The van der Waals surface area contributed by atoms with Gasteiger partial charge in [0, 0.05) is 31.6 Å². The highest BCUT2D eigenvalue weighted by atomic mass is 19.1. The van der Waals surface area contributed by atoms with Gasteiger partial charge >= 0.3 is 0 Å². The Hall–Kier alpha value is -3.26.